The maximum atomic E-state index is 9.61. The Morgan fingerprint density at radius 3 is 2.77 bits per heavy atom. The predicted molar refractivity (Wildman–Crippen MR) is 49.4 cm³/mol. The van der Waals surface area contributed by atoms with E-state index < -0.39 is 0 Å². The van der Waals surface area contributed by atoms with Crippen LogP contribution in [0.5, 0.6) is 5.75 Å². The standard InChI is InChI=1S/C10H13NO2/c12-6-7-2-1-3-9(13)10(7)8-4-5-11-8/h1-3,8,11-13H,4-6H2/t8-/m1/s1. The molecule has 70 valence electrons. The summed E-state index contributed by atoms with van der Waals surface area (Å²) in [4.78, 5) is 0. The average molecular weight is 179 g/mol. The summed E-state index contributed by atoms with van der Waals surface area (Å²) in [7, 11) is 0. The van der Waals surface area contributed by atoms with Crippen LogP contribution in [0.25, 0.3) is 0 Å². The Balaban J connectivity index is 2.39. The number of phenols is 1. The van der Waals surface area contributed by atoms with Gasteiger partial charge in [0.05, 0.1) is 6.61 Å². The summed E-state index contributed by atoms with van der Waals surface area (Å²) in [5.41, 5.74) is 1.67. The van der Waals surface area contributed by atoms with Crippen LogP contribution in [0.1, 0.15) is 23.6 Å². The first-order chi connectivity index (χ1) is 6.33. The molecular formula is C10H13NO2. The zero-order chi connectivity index (χ0) is 9.26. The van der Waals surface area contributed by atoms with Crippen molar-refractivity contribution >= 4 is 0 Å². The topological polar surface area (TPSA) is 52.5 Å². The van der Waals surface area contributed by atoms with Crippen molar-refractivity contribution in [3.05, 3.63) is 29.3 Å². The number of aliphatic hydroxyl groups excluding tert-OH is 1. The van der Waals surface area contributed by atoms with Gasteiger partial charge in [-0.1, -0.05) is 12.1 Å². The summed E-state index contributed by atoms with van der Waals surface area (Å²) < 4.78 is 0. The van der Waals surface area contributed by atoms with Crippen LogP contribution in [0.3, 0.4) is 0 Å². The third-order valence-corrected chi connectivity index (χ3v) is 2.52. The number of nitrogens with one attached hydrogen (secondary N) is 1. The molecule has 1 aromatic rings. The number of aromatic hydroxyl groups is 1. The number of hydrogen-bond acceptors (Lipinski definition) is 3. The zero-order valence-corrected chi connectivity index (χ0v) is 7.33. The van der Waals surface area contributed by atoms with Crippen molar-refractivity contribution in [1.29, 1.82) is 0 Å². The van der Waals surface area contributed by atoms with E-state index >= 15 is 0 Å². The van der Waals surface area contributed by atoms with E-state index in [2.05, 4.69) is 5.32 Å². The first-order valence-electron chi connectivity index (χ1n) is 4.48. The van der Waals surface area contributed by atoms with Crippen LogP contribution < -0.4 is 5.32 Å². The molecular weight excluding hydrogens is 166 g/mol. The fourth-order valence-corrected chi connectivity index (χ4v) is 1.67. The fraction of sp³-hybridized carbons (Fsp3) is 0.400. The van der Waals surface area contributed by atoms with Crippen molar-refractivity contribution in [2.24, 2.45) is 0 Å². The van der Waals surface area contributed by atoms with E-state index in [-0.39, 0.29) is 18.4 Å². The van der Waals surface area contributed by atoms with Gasteiger partial charge in [0.1, 0.15) is 5.75 Å². The highest BCUT2D eigenvalue weighted by molar-refractivity contribution is 5.42. The van der Waals surface area contributed by atoms with E-state index in [1.807, 2.05) is 6.07 Å². The predicted octanol–water partition coefficient (Wildman–Crippen LogP) is 0.919. The highest BCUT2D eigenvalue weighted by Gasteiger charge is 2.23. The second-order valence-electron chi connectivity index (χ2n) is 3.30. The maximum Gasteiger partial charge on any atom is 0.120 e. The van der Waals surface area contributed by atoms with Crippen LogP contribution >= 0.6 is 0 Å². The molecule has 0 aromatic heterocycles. The molecule has 1 heterocycles. The molecule has 3 heteroatoms. The summed E-state index contributed by atoms with van der Waals surface area (Å²) >= 11 is 0. The highest BCUT2D eigenvalue weighted by Crippen LogP contribution is 2.33. The van der Waals surface area contributed by atoms with Crippen LogP contribution in [0.4, 0.5) is 0 Å². The van der Waals surface area contributed by atoms with Crippen LogP contribution in [-0.4, -0.2) is 16.8 Å². The molecule has 2 rings (SSSR count). The van der Waals surface area contributed by atoms with Crippen molar-refractivity contribution < 1.29 is 10.2 Å². The number of rotatable bonds is 2. The zero-order valence-electron chi connectivity index (χ0n) is 7.33. The van der Waals surface area contributed by atoms with Crippen LogP contribution in [0.15, 0.2) is 18.2 Å². The van der Waals surface area contributed by atoms with Crippen LogP contribution in [-0.2, 0) is 6.61 Å². The van der Waals surface area contributed by atoms with E-state index in [0.717, 1.165) is 24.1 Å². The first kappa shape index (κ1) is 8.53. The molecule has 0 amide bonds. The minimum Gasteiger partial charge on any atom is -0.508 e. The maximum absolute atomic E-state index is 9.61. The molecule has 1 aromatic carbocycles. The summed E-state index contributed by atoms with van der Waals surface area (Å²) in [6.07, 6.45) is 1.03. The Kier molecular flexibility index (Phi) is 2.20. The normalized spacial score (nSPS) is 21.2. The minimum atomic E-state index is -0.0120. The molecule has 0 spiro atoms. The molecule has 0 aliphatic carbocycles. The molecule has 0 unspecified atom stereocenters. The van der Waals surface area contributed by atoms with E-state index in [1.54, 1.807) is 12.1 Å². The summed E-state index contributed by atoms with van der Waals surface area (Å²) in [6.45, 7) is 0.978. The second kappa shape index (κ2) is 3.36. The summed E-state index contributed by atoms with van der Waals surface area (Å²) in [5, 5.41) is 21.9. The number of aliphatic hydroxyl groups is 1. The van der Waals surface area contributed by atoms with Gasteiger partial charge in [0, 0.05) is 11.6 Å². The average Bonchev–Trinajstić information content (AvgIpc) is 2.05. The Morgan fingerprint density at radius 2 is 2.23 bits per heavy atom. The summed E-state index contributed by atoms with van der Waals surface area (Å²) in [6, 6.07) is 5.48. The highest BCUT2D eigenvalue weighted by atomic mass is 16.3. The summed E-state index contributed by atoms with van der Waals surface area (Å²) in [5.74, 6) is 0.281. The van der Waals surface area contributed by atoms with Crippen molar-refractivity contribution in [2.45, 2.75) is 19.1 Å². The smallest absolute Gasteiger partial charge is 0.120 e. The van der Waals surface area contributed by atoms with Gasteiger partial charge in [-0.15, -0.1) is 0 Å². The van der Waals surface area contributed by atoms with Crippen molar-refractivity contribution in [3.63, 3.8) is 0 Å². The lowest BCUT2D eigenvalue weighted by atomic mass is 9.93. The lowest BCUT2D eigenvalue weighted by molar-refractivity contribution is 0.273. The molecule has 3 N–H and O–H groups in total. The van der Waals surface area contributed by atoms with Gasteiger partial charge in [-0.3, -0.25) is 0 Å². The van der Waals surface area contributed by atoms with Gasteiger partial charge in [-0.25, -0.2) is 0 Å². The molecule has 1 atom stereocenters. The molecule has 1 aliphatic heterocycles. The minimum absolute atomic E-state index is 0.0120. The second-order valence-corrected chi connectivity index (χ2v) is 3.30. The van der Waals surface area contributed by atoms with Gasteiger partial charge in [-0.2, -0.15) is 0 Å². The molecule has 1 aliphatic rings. The Labute approximate surface area is 77.0 Å². The molecule has 0 radical (unpaired) electrons. The van der Waals surface area contributed by atoms with E-state index in [9.17, 15) is 5.11 Å². The van der Waals surface area contributed by atoms with Crippen LogP contribution in [0, 0.1) is 0 Å². The number of benzene rings is 1. The molecule has 1 fully saturated rings. The lowest BCUT2D eigenvalue weighted by Crippen LogP contribution is -2.35. The fourth-order valence-electron chi connectivity index (χ4n) is 1.67. The van der Waals surface area contributed by atoms with Gasteiger partial charge in [0.2, 0.25) is 0 Å². The molecule has 0 saturated carbocycles. The quantitative estimate of drug-likeness (QED) is 0.632. The molecule has 3 nitrogen and oxygen atoms in total. The van der Waals surface area contributed by atoms with Crippen molar-refractivity contribution in [2.75, 3.05) is 6.54 Å². The first-order valence-corrected chi connectivity index (χ1v) is 4.48. The Morgan fingerprint density at radius 1 is 1.46 bits per heavy atom. The van der Waals surface area contributed by atoms with Gasteiger partial charge < -0.3 is 15.5 Å². The van der Waals surface area contributed by atoms with Gasteiger partial charge >= 0.3 is 0 Å². The largest absolute Gasteiger partial charge is 0.508 e. The molecule has 1 saturated heterocycles. The van der Waals surface area contributed by atoms with Gasteiger partial charge in [0.25, 0.3) is 0 Å². The van der Waals surface area contributed by atoms with Crippen LogP contribution in [0.2, 0.25) is 0 Å². The Hall–Kier alpha value is -1.06. The van der Waals surface area contributed by atoms with Gasteiger partial charge in [-0.05, 0) is 24.6 Å². The SMILES string of the molecule is OCc1cccc(O)c1[C@H]1CCN1. The van der Waals surface area contributed by atoms with Crippen molar-refractivity contribution in [3.8, 4) is 5.75 Å². The number of hydrogen-bond donors (Lipinski definition) is 3. The Bertz CT molecular complexity index is 308. The molecule has 0 bridgehead atoms. The number of phenolic OH excluding ortho intramolecular Hbond substituents is 1. The third-order valence-electron chi connectivity index (χ3n) is 2.52. The molecule has 13 heavy (non-hydrogen) atoms. The van der Waals surface area contributed by atoms with Crippen molar-refractivity contribution in [1.82, 2.24) is 5.32 Å². The van der Waals surface area contributed by atoms with Gasteiger partial charge in [0.15, 0.2) is 0 Å². The van der Waals surface area contributed by atoms with E-state index in [4.69, 9.17) is 5.11 Å². The third kappa shape index (κ3) is 1.41. The lowest BCUT2D eigenvalue weighted by Gasteiger charge is -2.30. The van der Waals surface area contributed by atoms with E-state index in [0.29, 0.717) is 0 Å². The monoisotopic (exact) mass is 179 g/mol. The van der Waals surface area contributed by atoms with E-state index in [1.165, 1.54) is 0 Å².